The van der Waals surface area contributed by atoms with Crippen LogP contribution in [0.15, 0.2) is 0 Å². The Kier molecular flexibility index (Phi) is 6.35. The van der Waals surface area contributed by atoms with E-state index in [0.717, 1.165) is 12.0 Å². The van der Waals surface area contributed by atoms with E-state index < -0.39 is 0 Å². The molecule has 1 N–H and O–H groups in total. The summed E-state index contributed by atoms with van der Waals surface area (Å²) in [5, 5.41) is 3.84. The van der Waals surface area contributed by atoms with Gasteiger partial charge in [-0.1, -0.05) is 40.0 Å². The summed E-state index contributed by atoms with van der Waals surface area (Å²) in [6.07, 6.45) is 11.3. The second kappa shape index (κ2) is 7.79. The van der Waals surface area contributed by atoms with E-state index in [1.807, 2.05) is 0 Å². The number of rotatable bonds is 5. The first-order valence-corrected chi connectivity index (χ1v) is 9.06. The second-order valence-corrected chi connectivity index (χ2v) is 7.96. The van der Waals surface area contributed by atoms with Crippen LogP contribution in [0.2, 0.25) is 0 Å². The number of hydrogen-bond donors (Lipinski definition) is 1. The fourth-order valence-corrected chi connectivity index (χ4v) is 4.23. The predicted octanol–water partition coefficient (Wildman–Crippen LogP) is 4.06. The van der Waals surface area contributed by atoms with Crippen LogP contribution in [0, 0.1) is 11.3 Å². The molecule has 0 amide bonds. The van der Waals surface area contributed by atoms with Crippen molar-refractivity contribution in [1.82, 2.24) is 10.2 Å². The quantitative estimate of drug-likeness (QED) is 0.764. The molecule has 2 nitrogen and oxygen atoms in total. The molecule has 2 unspecified atom stereocenters. The van der Waals surface area contributed by atoms with E-state index in [4.69, 9.17) is 0 Å². The van der Waals surface area contributed by atoms with Crippen LogP contribution in [-0.4, -0.2) is 37.1 Å². The van der Waals surface area contributed by atoms with Crippen molar-refractivity contribution in [3.63, 3.8) is 0 Å². The van der Waals surface area contributed by atoms with Crippen LogP contribution in [-0.2, 0) is 0 Å². The van der Waals surface area contributed by atoms with Crippen molar-refractivity contribution >= 4 is 0 Å². The second-order valence-electron chi connectivity index (χ2n) is 7.96. The summed E-state index contributed by atoms with van der Waals surface area (Å²) < 4.78 is 0. The molecule has 0 aromatic carbocycles. The van der Waals surface area contributed by atoms with Gasteiger partial charge in [-0.2, -0.15) is 0 Å². The van der Waals surface area contributed by atoms with E-state index in [9.17, 15) is 0 Å². The summed E-state index contributed by atoms with van der Waals surface area (Å²) in [5.74, 6) is 0.887. The Balaban J connectivity index is 1.89. The molecule has 1 aliphatic heterocycles. The molecule has 0 aromatic heterocycles. The van der Waals surface area contributed by atoms with Gasteiger partial charge in [-0.05, 0) is 56.5 Å². The van der Waals surface area contributed by atoms with Crippen LogP contribution in [0.1, 0.15) is 72.1 Å². The van der Waals surface area contributed by atoms with Crippen molar-refractivity contribution in [2.75, 3.05) is 26.2 Å². The molecular weight excluding hydrogens is 244 g/mol. The van der Waals surface area contributed by atoms with Crippen LogP contribution < -0.4 is 5.32 Å². The predicted molar refractivity (Wildman–Crippen MR) is 88.1 cm³/mol. The zero-order chi connectivity index (χ0) is 14.4. The van der Waals surface area contributed by atoms with E-state index >= 15 is 0 Å². The maximum atomic E-state index is 3.84. The Bertz CT molecular complexity index is 275. The van der Waals surface area contributed by atoms with Crippen molar-refractivity contribution in [1.29, 1.82) is 0 Å². The first kappa shape index (κ1) is 16.3. The molecule has 1 aliphatic carbocycles. The molecule has 118 valence electrons. The summed E-state index contributed by atoms with van der Waals surface area (Å²) in [4.78, 5) is 2.76. The van der Waals surface area contributed by atoms with Crippen molar-refractivity contribution < 1.29 is 0 Å². The van der Waals surface area contributed by atoms with Gasteiger partial charge in [-0.15, -0.1) is 0 Å². The SMILES string of the molecule is CCCNC1CCCCCC1CN1CCCC(C)(C)C1. The summed E-state index contributed by atoms with van der Waals surface area (Å²) in [6, 6.07) is 0.780. The minimum absolute atomic E-state index is 0.537. The van der Waals surface area contributed by atoms with Crippen molar-refractivity contribution in [3.8, 4) is 0 Å². The minimum atomic E-state index is 0.537. The third-order valence-electron chi connectivity index (χ3n) is 5.29. The van der Waals surface area contributed by atoms with Crippen LogP contribution in [0.25, 0.3) is 0 Å². The first-order chi connectivity index (χ1) is 9.61. The van der Waals surface area contributed by atoms with E-state index in [2.05, 4.69) is 31.0 Å². The first-order valence-electron chi connectivity index (χ1n) is 9.06. The molecule has 2 fully saturated rings. The van der Waals surface area contributed by atoms with E-state index in [0.29, 0.717) is 5.41 Å². The van der Waals surface area contributed by atoms with Gasteiger partial charge >= 0.3 is 0 Å². The van der Waals surface area contributed by atoms with E-state index in [-0.39, 0.29) is 0 Å². The lowest BCUT2D eigenvalue weighted by atomic mass is 9.83. The normalized spacial score (nSPS) is 31.9. The van der Waals surface area contributed by atoms with Crippen molar-refractivity contribution in [2.24, 2.45) is 11.3 Å². The highest BCUT2D eigenvalue weighted by molar-refractivity contribution is 4.85. The number of nitrogens with one attached hydrogen (secondary N) is 1. The molecule has 0 aromatic rings. The summed E-state index contributed by atoms with van der Waals surface area (Å²) in [5.41, 5.74) is 0.537. The van der Waals surface area contributed by atoms with Gasteiger partial charge in [-0.25, -0.2) is 0 Å². The van der Waals surface area contributed by atoms with Crippen LogP contribution in [0.4, 0.5) is 0 Å². The monoisotopic (exact) mass is 280 g/mol. The Labute approximate surface area is 126 Å². The summed E-state index contributed by atoms with van der Waals surface area (Å²) in [7, 11) is 0. The zero-order valence-electron chi connectivity index (χ0n) is 14.1. The number of piperidine rings is 1. The van der Waals surface area contributed by atoms with Crippen LogP contribution >= 0.6 is 0 Å². The molecule has 1 saturated carbocycles. The van der Waals surface area contributed by atoms with Crippen LogP contribution in [0.3, 0.4) is 0 Å². The number of nitrogens with zero attached hydrogens (tertiary/aromatic N) is 1. The third kappa shape index (κ3) is 5.04. The summed E-state index contributed by atoms with van der Waals surface area (Å²) >= 11 is 0. The molecule has 1 heterocycles. The lowest BCUT2D eigenvalue weighted by Crippen LogP contribution is -2.47. The highest BCUT2D eigenvalue weighted by atomic mass is 15.1. The van der Waals surface area contributed by atoms with Gasteiger partial charge in [-0.3, -0.25) is 0 Å². The van der Waals surface area contributed by atoms with Gasteiger partial charge in [0, 0.05) is 19.1 Å². The molecule has 1 saturated heterocycles. The topological polar surface area (TPSA) is 15.3 Å². The van der Waals surface area contributed by atoms with Gasteiger partial charge in [0.05, 0.1) is 0 Å². The van der Waals surface area contributed by atoms with Crippen molar-refractivity contribution in [2.45, 2.75) is 78.2 Å². The smallest absolute Gasteiger partial charge is 0.0107 e. The van der Waals surface area contributed by atoms with E-state index in [1.165, 1.54) is 77.5 Å². The standard InChI is InChI=1S/C18H36N2/c1-4-12-19-17-10-7-5-6-9-16(17)14-20-13-8-11-18(2,3)15-20/h16-17,19H,4-15H2,1-3H3. The van der Waals surface area contributed by atoms with Gasteiger partial charge < -0.3 is 10.2 Å². The molecule has 0 radical (unpaired) electrons. The Morgan fingerprint density at radius 3 is 2.65 bits per heavy atom. The lowest BCUT2D eigenvalue weighted by Gasteiger charge is -2.41. The molecule has 20 heavy (non-hydrogen) atoms. The highest BCUT2D eigenvalue weighted by Crippen LogP contribution is 2.31. The molecule has 0 spiro atoms. The van der Waals surface area contributed by atoms with Gasteiger partial charge in [0.25, 0.3) is 0 Å². The maximum absolute atomic E-state index is 3.84. The minimum Gasteiger partial charge on any atom is -0.314 e. The Morgan fingerprint density at radius 1 is 1.10 bits per heavy atom. The zero-order valence-corrected chi connectivity index (χ0v) is 14.1. The lowest BCUT2D eigenvalue weighted by molar-refractivity contribution is 0.0918. The average Bonchev–Trinajstić information content (AvgIpc) is 2.61. The molecule has 0 bridgehead atoms. The van der Waals surface area contributed by atoms with Gasteiger partial charge in [0.15, 0.2) is 0 Å². The van der Waals surface area contributed by atoms with Gasteiger partial charge in [0.1, 0.15) is 0 Å². The Morgan fingerprint density at radius 2 is 1.90 bits per heavy atom. The third-order valence-corrected chi connectivity index (χ3v) is 5.29. The summed E-state index contributed by atoms with van der Waals surface area (Å²) in [6.45, 7) is 12.4. The molecule has 2 rings (SSSR count). The maximum Gasteiger partial charge on any atom is 0.0107 e. The average molecular weight is 280 g/mol. The fourth-order valence-electron chi connectivity index (χ4n) is 4.23. The molecular formula is C18H36N2. The fraction of sp³-hybridized carbons (Fsp3) is 1.00. The number of hydrogen-bond acceptors (Lipinski definition) is 2. The van der Waals surface area contributed by atoms with Gasteiger partial charge in [0.2, 0.25) is 0 Å². The molecule has 2 aliphatic rings. The van der Waals surface area contributed by atoms with Crippen molar-refractivity contribution in [3.05, 3.63) is 0 Å². The molecule has 2 heteroatoms. The largest absolute Gasteiger partial charge is 0.314 e. The highest BCUT2D eigenvalue weighted by Gasteiger charge is 2.30. The van der Waals surface area contributed by atoms with Crippen LogP contribution in [0.5, 0.6) is 0 Å². The van der Waals surface area contributed by atoms with E-state index in [1.54, 1.807) is 0 Å². The Hall–Kier alpha value is -0.0800. The number of likely N-dealkylation sites (tertiary alicyclic amines) is 1. The molecule has 2 atom stereocenters.